The lowest BCUT2D eigenvalue weighted by atomic mass is 10.2. The number of halogens is 2. The molecule has 146 valence electrons. The van der Waals surface area contributed by atoms with Crippen LogP contribution in [0.4, 0.5) is 10.1 Å². The fourth-order valence-corrected chi connectivity index (χ4v) is 4.74. The monoisotopic (exact) mass is 449 g/mol. The van der Waals surface area contributed by atoms with Crippen LogP contribution in [0.3, 0.4) is 0 Å². The van der Waals surface area contributed by atoms with Gasteiger partial charge in [-0.05, 0) is 30.3 Å². The van der Waals surface area contributed by atoms with Crippen LogP contribution in [-0.2, 0) is 5.75 Å². The molecule has 4 rings (SSSR count). The lowest BCUT2D eigenvalue weighted by Crippen LogP contribution is -2.06. The Kier molecular flexibility index (Phi) is 5.26. The highest BCUT2D eigenvalue weighted by molar-refractivity contribution is 8.00. The van der Waals surface area contributed by atoms with Crippen molar-refractivity contribution in [2.24, 2.45) is 0 Å². The summed E-state index contributed by atoms with van der Waals surface area (Å²) in [5, 5.41) is 19.6. The van der Waals surface area contributed by atoms with Crippen LogP contribution in [0.5, 0.6) is 0 Å². The predicted molar refractivity (Wildman–Crippen MR) is 108 cm³/mol. The summed E-state index contributed by atoms with van der Waals surface area (Å²) in [7, 11) is 0. The van der Waals surface area contributed by atoms with E-state index in [-0.39, 0.29) is 26.6 Å². The number of nitro benzene ring substituents is 1. The van der Waals surface area contributed by atoms with Gasteiger partial charge >= 0.3 is 0 Å². The fourth-order valence-electron chi connectivity index (χ4n) is 2.52. The molecule has 2 aromatic carbocycles. The largest absolute Gasteiger partial charge is 0.288 e. The number of hydrogen-bond acceptors (Lipinski definition) is 8. The summed E-state index contributed by atoms with van der Waals surface area (Å²) in [5.74, 6) is -0.00544. The van der Waals surface area contributed by atoms with Crippen LogP contribution in [0.1, 0.15) is 5.69 Å². The summed E-state index contributed by atoms with van der Waals surface area (Å²) in [6, 6.07) is 8.37. The fraction of sp³-hybridized carbons (Fsp3) is 0.0588. The number of nitrogens with zero attached hydrogens (tertiary/aromatic N) is 5. The zero-order valence-electron chi connectivity index (χ0n) is 14.3. The Morgan fingerprint density at radius 1 is 1.28 bits per heavy atom. The Morgan fingerprint density at radius 3 is 2.76 bits per heavy atom. The van der Waals surface area contributed by atoms with E-state index in [9.17, 15) is 19.3 Å². The average Bonchev–Trinajstić information content (AvgIpc) is 3.16. The molecule has 0 aliphatic heterocycles. The molecule has 4 aromatic rings. The first-order chi connectivity index (χ1) is 13.9. The van der Waals surface area contributed by atoms with E-state index >= 15 is 0 Å². The summed E-state index contributed by atoms with van der Waals surface area (Å²) < 4.78 is 15.1. The number of non-ortho nitro benzene ring substituents is 1. The minimum absolute atomic E-state index is 0.105. The molecule has 12 heteroatoms. The van der Waals surface area contributed by atoms with Gasteiger partial charge in [0.25, 0.3) is 11.2 Å². The van der Waals surface area contributed by atoms with Gasteiger partial charge in [-0.15, -0.1) is 16.4 Å². The zero-order valence-corrected chi connectivity index (χ0v) is 16.7. The van der Waals surface area contributed by atoms with Gasteiger partial charge in [-0.1, -0.05) is 28.6 Å². The molecule has 2 aromatic heterocycles. The number of rotatable bonds is 5. The first-order valence-electron chi connectivity index (χ1n) is 7.99. The number of fused-ring (bicyclic) bond motifs is 1. The molecule has 2 heterocycles. The van der Waals surface area contributed by atoms with E-state index in [2.05, 4.69) is 15.3 Å². The average molecular weight is 450 g/mol. The molecule has 0 saturated heterocycles. The Labute approximate surface area is 175 Å². The van der Waals surface area contributed by atoms with Gasteiger partial charge in [0.15, 0.2) is 4.34 Å². The van der Waals surface area contributed by atoms with Crippen LogP contribution < -0.4 is 5.56 Å². The minimum atomic E-state index is -0.582. The molecular weight excluding hydrogens is 441 g/mol. The Morgan fingerprint density at radius 2 is 2.03 bits per heavy atom. The number of hydrogen-bond donors (Lipinski definition) is 0. The van der Waals surface area contributed by atoms with Gasteiger partial charge in [-0.3, -0.25) is 14.9 Å². The van der Waals surface area contributed by atoms with Gasteiger partial charge in [0.1, 0.15) is 10.5 Å². The number of thioether (sulfide) groups is 1. The lowest BCUT2D eigenvalue weighted by molar-refractivity contribution is -0.382. The van der Waals surface area contributed by atoms with E-state index in [1.165, 1.54) is 40.7 Å². The van der Waals surface area contributed by atoms with Crippen LogP contribution in [0.25, 0.3) is 15.8 Å². The van der Waals surface area contributed by atoms with E-state index in [1.54, 1.807) is 18.3 Å². The summed E-state index contributed by atoms with van der Waals surface area (Å²) in [5.41, 5.74) is 0.436. The minimum Gasteiger partial charge on any atom is -0.267 e. The zero-order chi connectivity index (χ0) is 20.5. The van der Waals surface area contributed by atoms with Crippen molar-refractivity contribution in [2.75, 3.05) is 0 Å². The van der Waals surface area contributed by atoms with Gasteiger partial charge in [0.05, 0.1) is 27.9 Å². The second kappa shape index (κ2) is 7.85. The van der Waals surface area contributed by atoms with Crippen LogP contribution in [-0.4, -0.2) is 24.9 Å². The molecule has 0 saturated carbocycles. The van der Waals surface area contributed by atoms with Crippen molar-refractivity contribution in [1.29, 1.82) is 0 Å². The molecule has 0 aliphatic rings. The molecule has 29 heavy (non-hydrogen) atoms. The third-order valence-electron chi connectivity index (χ3n) is 3.82. The van der Waals surface area contributed by atoms with Crippen molar-refractivity contribution < 1.29 is 9.31 Å². The highest BCUT2D eigenvalue weighted by atomic mass is 35.5. The SMILES string of the molecule is O=c1nc(SCc2cn(-c3ccc(F)cc3)nn2)sc2c([N+](=O)[O-])cc(Cl)cc12. The molecule has 0 atom stereocenters. The standard InChI is InChI=1S/C17H9ClFN5O3S2/c18-9-5-13-15(14(6-9)24(26)27)29-17(20-16(13)25)28-8-11-7-23(22-21-11)12-3-1-10(19)2-4-12/h1-7H,8H2. The Bertz CT molecular complexity index is 1290. The van der Waals surface area contributed by atoms with Crippen molar-refractivity contribution in [3.63, 3.8) is 0 Å². The molecule has 0 aliphatic carbocycles. The third kappa shape index (κ3) is 4.11. The lowest BCUT2D eigenvalue weighted by Gasteiger charge is -2.02. The van der Waals surface area contributed by atoms with Crippen LogP contribution in [0, 0.1) is 15.9 Å². The van der Waals surface area contributed by atoms with Crippen LogP contribution in [0.15, 0.2) is 51.7 Å². The molecule has 0 fully saturated rings. The van der Waals surface area contributed by atoms with E-state index in [0.29, 0.717) is 21.5 Å². The molecule has 0 amide bonds. The second-order valence-corrected chi connectivity index (χ2v) is 8.42. The Balaban J connectivity index is 1.60. The highest BCUT2D eigenvalue weighted by Gasteiger charge is 2.18. The van der Waals surface area contributed by atoms with Crippen molar-refractivity contribution in [3.05, 3.63) is 79.6 Å². The number of aromatic nitrogens is 4. The molecule has 0 radical (unpaired) electrons. The smallest absolute Gasteiger partial charge is 0.267 e. The molecule has 0 spiro atoms. The summed E-state index contributed by atoms with van der Waals surface area (Å²) in [6.45, 7) is 0. The van der Waals surface area contributed by atoms with Crippen molar-refractivity contribution in [2.45, 2.75) is 10.1 Å². The van der Waals surface area contributed by atoms with Crippen LogP contribution >= 0.6 is 34.7 Å². The molecule has 0 N–H and O–H groups in total. The quantitative estimate of drug-likeness (QED) is 0.255. The maximum Gasteiger partial charge on any atom is 0.288 e. The first-order valence-corrected chi connectivity index (χ1v) is 10.2. The van der Waals surface area contributed by atoms with Gasteiger partial charge in [0.2, 0.25) is 0 Å². The number of nitro groups is 1. The first kappa shape index (κ1) is 19.4. The van der Waals surface area contributed by atoms with Crippen molar-refractivity contribution in [1.82, 2.24) is 20.0 Å². The molecule has 0 unspecified atom stereocenters. The molecular formula is C17H9ClFN5O3S2. The van der Waals surface area contributed by atoms with Crippen LogP contribution in [0.2, 0.25) is 5.02 Å². The van der Waals surface area contributed by atoms with E-state index in [1.807, 2.05) is 0 Å². The van der Waals surface area contributed by atoms with E-state index in [4.69, 9.17) is 11.6 Å². The normalized spacial score (nSPS) is 11.1. The van der Waals surface area contributed by atoms with Gasteiger partial charge in [-0.25, -0.2) is 9.07 Å². The maximum atomic E-state index is 13.0. The predicted octanol–water partition coefficient (Wildman–Crippen LogP) is 4.23. The maximum absolute atomic E-state index is 13.0. The van der Waals surface area contributed by atoms with Gasteiger partial charge in [0, 0.05) is 16.8 Å². The van der Waals surface area contributed by atoms with E-state index < -0.39 is 10.5 Å². The number of benzene rings is 2. The topological polar surface area (TPSA) is 104 Å². The summed E-state index contributed by atoms with van der Waals surface area (Å²) >= 11 is 8.13. The Hall–Kier alpha value is -2.89. The van der Waals surface area contributed by atoms with Gasteiger partial charge in [-0.2, -0.15) is 4.98 Å². The highest BCUT2D eigenvalue weighted by Crippen LogP contribution is 2.35. The van der Waals surface area contributed by atoms with Crippen molar-refractivity contribution in [3.8, 4) is 5.69 Å². The third-order valence-corrected chi connectivity index (χ3v) is 6.32. The molecule has 8 nitrogen and oxygen atoms in total. The second-order valence-electron chi connectivity index (χ2n) is 5.76. The van der Waals surface area contributed by atoms with Gasteiger partial charge < -0.3 is 0 Å². The van der Waals surface area contributed by atoms with E-state index in [0.717, 1.165) is 11.3 Å². The molecule has 0 bridgehead atoms. The summed E-state index contributed by atoms with van der Waals surface area (Å²) in [4.78, 5) is 27.0. The van der Waals surface area contributed by atoms with Crippen molar-refractivity contribution >= 4 is 50.5 Å². The summed E-state index contributed by atoms with van der Waals surface area (Å²) in [6.07, 6.45) is 1.67.